The van der Waals surface area contributed by atoms with E-state index in [-0.39, 0.29) is 17.3 Å². The standard InChI is InChI=1S/C28H23F2N3O2/c1-16-24(28(35)33-27-20(29)10-5-11-21(27)30)25(18-9-6-12-31-15-18)26-22(32-16)13-19(14-23(26)34)17-7-3-2-4-8-17/h2-12,15,19,25,32H,13-14H2,1H3,(H,33,35). The number of carbonyl (C=O) groups excluding carboxylic acids is 2. The number of halogens is 2. The number of allylic oxidation sites excluding steroid dienone is 3. The highest BCUT2D eigenvalue weighted by Crippen LogP contribution is 2.45. The molecule has 176 valence electrons. The van der Waals surface area contributed by atoms with Crippen LogP contribution < -0.4 is 10.6 Å². The zero-order valence-corrected chi connectivity index (χ0v) is 19.0. The number of aromatic nitrogens is 1. The SMILES string of the molecule is CC1=C(C(=O)Nc2c(F)cccc2F)C(c2cccnc2)C2=C(CC(c3ccccc3)CC2=O)N1. The number of hydrogen-bond acceptors (Lipinski definition) is 4. The lowest BCUT2D eigenvalue weighted by Gasteiger charge is -2.37. The Labute approximate surface area is 201 Å². The Hall–Kier alpha value is -4.13. The summed E-state index contributed by atoms with van der Waals surface area (Å²) in [4.78, 5) is 31.2. The molecule has 0 fully saturated rings. The second-order valence-corrected chi connectivity index (χ2v) is 8.77. The minimum absolute atomic E-state index is 0.0141. The molecule has 2 unspecified atom stereocenters. The molecule has 5 nitrogen and oxygen atoms in total. The lowest BCUT2D eigenvalue weighted by Crippen LogP contribution is -2.37. The molecule has 2 aliphatic rings. The topological polar surface area (TPSA) is 71.1 Å². The Morgan fingerprint density at radius 1 is 0.971 bits per heavy atom. The number of hydrogen-bond donors (Lipinski definition) is 2. The van der Waals surface area contributed by atoms with Gasteiger partial charge in [-0.15, -0.1) is 0 Å². The van der Waals surface area contributed by atoms with Crippen molar-refractivity contribution in [2.24, 2.45) is 0 Å². The van der Waals surface area contributed by atoms with Crippen molar-refractivity contribution < 1.29 is 18.4 Å². The van der Waals surface area contributed by atoms with Crippen molar-refractivity contribution in [2.75, 3.05) is 5.32 Å². The maximum Gasteiger partial charge on any atom is 0.254 e. The van der Waals surface area contributed by atoms with E-state index in [9.17, 15) is 18.4 Å². The third-order valence-electron chi connectivity index (χ3n) is 6.56. The van der Waals surface area contributed by atoms with E-state index in [1.165, 1.54) is 6.07 Å². The minimum atomic E-state index is -0.877. The lowest BCUT2D eigenvalue weighted by atomic mass is 9.72. The molecule has 1 aliphatic carbocycles. The number of para-hydroxylation sites is 1. The number of rotatable bonds is 4. The smallest absolute Gasteiger partial charge is 0.254 e. The molecular formula is C28H23F2N3O2. The zero-order chi connectivity index (χ0) is 24.5. The molecule has 2 atom stereocenters. The van der Waals surface area contributed by atoms with Gasteiger partial charge in [0.25, 0.3) is 5.91 Å². The van der Waals surface area contributed by atoms with Crippen molar-refractivity contribution in [3.05, 3.63) is 118 Å². The normalized spacial score (nSPS) is 19.8. The average Bonchev–Trinajstić information content (AvgIpc) is 2.86. The molecule has 0 saturated carbocycles. The summed E-state index contributed by atoms with van der Waals surface area (Å²) in [5.41, 5.74) is 3.21. The predicted octanol–water partition coefficient (Wildman–Crippen LogP) is 5.36. The van der Waals surface area contributed by atoms with Crippen LogP contribution in [-0.2, 0) is 9.59 Å². The Morgan fingerprint density at radius 2 is 1.69 bits per heavy atom. The van der Waals surface area contributed by atoms with Gasteiger partial charge in [-0.3, -0.25) is 14.6 Å². The molecule has 1 aromatic heterocycles. The van der Waals surface area contributed by atoms with Crippen LogP contribution in [0.25, 0.3) is 0 Å². The summed E-state index contributed by atoms with van der Waals surface area (Å²) in [5.74, 6) is -3.21. The fourth-order valence-electron chi connectivity index (χ4n) is 4.98. The van der Waals surface area contributed by atoms with Crippen LogP contribution in [0.2, 0.25) is 0 Å². The van der Waals surface area contributed by atoms with Crippen molar-refractivity contribution in [2.45, 2.75) is 31.6 Å². The molecule has 2 aromatic carbocycles. The van der Waals surface area contributed by atoms with Crippen LogP contribution in [0.15, 0.2) is 95.6 Å². The number of carbonyl (C=O) groups is 2. The van der Waals surface area contributed by atoms with E-state index in [0.717, 1.165) is 23.4 Å². The number of nitrogens with zero attached hydrogens (tertiary/aromatic N) is 1. The average molecular weight is 472 g/mol. The number of dihydropyridines is 1. The lowest BCUT2D eigenvalue weighted by molar-refractivity contribution is -0.116. The maximum atomic E-state index is 14.3. The number of benzene rings is 2. The molecule has 1 aliphatic heterocycles. The van der Waals surface area contributed by atoms with Gasteiger partial charge in [-0.2, -0.15) is 0 Å². The number of anilines is 1. The van der Waals surface area contributed by atoms with Crippen LogP contribution in [-0.4, -0.2) is 16.7 Å². The van der Waals surface area contributed by atoms with Gasteiger partial charge in [0.05, 0.1) is 0 Å². The maximum absolute atomic E-state index is 14.3. The highest BCUT2D eigenvalue weighted by Gasteiger charge is 2.41. The number of Topliss-reactive ketones (excluding diaryl/α,β-unsaturated/α-hetero) is 1. The fourth-order valence-corrected chi connectivity index (χ4v) is 4.98. The number of nitrogens with one attached hydrogen (secondary N) is 2. The first-order chi connectivity index (χ1) is 16.9. The van der Waals surface area contributed by atoms with Gasteiger partial charge >= 0.3 is 0 Å². The number of amides is 1. The van der Waals surface area contributed by atoms with Crippen molar-refractivity contribution in [3.63, 3.8) is 0 Å². The van der Waals surface area contributed by atoms with Crippen LogP contribution >= 0.6 is 0 Å². The van der Waals surface area contributed by atoms with Crippen LogP contribution in [0.5, 0.6) is 0 Å². The molecule has 0 radical (unpaired) electrons. The highest BCUT2D eigenvalue weighted by atomic mass is 19.1. The van der Waals surface area contributed by atoms with Crippen molar-refractivity contribution in [1.82, 2.24) is 10.3 Å². The Bertz CT molecular complexity index is 1350. The van der Waals surface area contributed by atoms with Gasteiger partial charge < -0.3 is 10.6 Å². The largest absolute Gasteiger partial charge is 0.362 e. The van der Waals surface area contributed by atoms with Crippen LogP contribution in [0, 0.1) is 11.6 Å². The van der Waals surface area contributed by atoms with E-state index >= 15 is 0 Å². The molecular weight excluding hydrogens is 448 g/mol. The minimum Gasteiger partial charge on any atom is -0.362 e. The zero-order valence-electron chi connectivity index (χ0n) is 19.0. The van der Waals surface area contributed by atoms with Crippen molar-refractivity contribution in [1.29, 1.82) is 0 Å². The Kier molecular flexibility index (Phi) is 5.99. The van der Waals surface area contributed by atoms with E-state index in [0.29, 0.717) is 29.7 Å². The third-order valence-corrected chi connectivity index (χ3v) is 6.56. The second-order valence-electron chi connectivity index (χ2n) is 8.77. The molecule has 0 saturated heterocycles. The molecule has 0 spiro atoms. The molecule has 2 heterocycles. The summed E-state index contributed by atoms with van der Waals surface area (Å²) in [7, 11) is 0. The highest BCUT2D eigenvalue weighted by molar-refractivity contribution is 6.10. The predicted molar refractivity (Wildman–Crippen MR) is 128 cm³/mol. The summed E-state index contributed by atoms with van der Waals surface area (Å²) in [6.07, 6.45) is 4.13. The molecule has 7 heteroatoms. The first kappa shape index (κ1) is 22.7. The monoisotopic (exact) mass is 471 g/mol. The molecule has 1 amide bonds. The summed E-state index contributed by atoms with van der Waals surface area (Å²) in [5, 5.41) is 5.65. The molecule has 5 rings (SSSR count). The molecule has 0 bridgehead atoms. The second kappa shape index (κ2) is 9.25. The summed E-state index contributed by atoms with van der Waals surface area (Å²) >= 11 is 0. The summed E-state index contributed by atoms with van der Waals surface area (Å²) < 4.78 is 28.5. The first-order valence-electron chi connectivity index (χ1n) is 11.4. The van der Waals surface area contributed by atoms with Gasteiger partial charge in [0, 0.05) is 47.3 Å². The molecule has 35 heavy (non-hydrogen) atoms. The van der Waals surface area contributed by atoms with Crippen molar-refractivity contribution in [3.8, 4) is 0 Å². The van der Waals surface area contributed by atoms with Crippen LogP contribution in [0.3, 0.4) is 0 Å². The van der Waals surface area contributed by atoms with E-state index in [1.54, 1.807) is 31.5 Å². The number of ketones is 1. The van der Waals surface area contributed by atoms with E-state index in [4.69, 9.17) is 0 Å². The first-order valence-corrected chi connectivity index (χ1v) is 11.4. The van der Waals surface area contributed by atoms with Crippen molar-refractivity contribution >= 4 is 17.4 Å². The summed E-state index contributed by atoms with van der Waals surface area (Å²) in [6, 6.07) is 16.8. The van der Waals surface area contributed by atoms with Crippen LogP contribution in [0.1, 0.15) is 42.7 Å². The number of pyridine rings is 1. The van der Waals surface area contributed by atoms with Gasteiger partial charge in [0.2, 0.25) is 0 Å². The van der Waals surface area contributed by atoms with Crippen LogP contribution in [0.4, 0.5) is 14.5 Å². The van der Waals surface area contributed by atoms with Gasteiger partial charge in [-0.05, 0) is 48.6 Å². The van der Waals surface area contributed by atoms with Gasteiger partial charge in [0.1, 0.15) is 17.3 Å². The van der Waals surface area contributed by atoms with Gasteiger partial charge in [-0.1, -0.05) is 42.5 Å². The Balaban J connectivity index is 1.56. The fraction of sp³-hybridized carbons (Fsp3) is 0.179. The van der Waals surface area contributed by atoms with E-state index < -0.39 is 29.1 Å². The Morgan fingerprint density at radius 3 is 2.37 bits per heavy atom. The van der Waals surface area contributed by atoms with Gasteiger partial charge in [0.15, 0.2) is 5.78 Å². The third kappa shape index (κ3) is 4.25. The van der Waals surface area contributed by atoms with Gasteiger partial charge in [-0.25, -0.2) is 8.78 Å². The van der Waals surface area contributed by atoms with E-state index in [1.807, 2.05) is 30.3 Å². The van der Waals surface area contributed by atoms with E-state index in [2.05, 4.69) is 15.6 Å². The quantitative estimate of drug-likeness (QED) is 0.538. The summed E-state index contributed by atoms with van der Waals surface area (Å²) in [6.45, 7) is 1.73. The molecule has 3 aromatic rings. The molecule has 2 N–H and O–H groups in total.